The Hall–Kier alpha value is -0.990. The molecule has 0 aromatic carbocycles. The number of nitrogens with zero attached hydrogens (tertiary/aromatic N) is 1. The molecule has 0 fully saturated rings. The smallest absolute Gasteiger partial charge is 0.226 e. The van der Waals surface area contributed by atoms with E-state index in [0.29, 0.717) is 6.42 Å². The summed E-state index contributed by atoms with van der Waals surface area (Å²) in [6, 6.07) is 0. The van der Waals surface area contributed by atoms with E-state index >= 15 is 0 Å². The first-order valence-electron chi connectivity index (χ1n) is 3.50. The minimum Gasteiger partial charge on any atom is -0.513 e. The summed E-state index contributed by atoms with van der Waals surface area (Å²) in [5.41, 5.74) is 0.726. The van der Waals surface area contributed by atoms with Crippen LogP contribution in [0.1, 0.15) is 20.3 Å². The van der Waals surface area contributed by atoms with Gasteiger partial charge in [0.1, 0.15) is 0 Å². The second-order valence-corrected chi connectivity index (χ2v) is 2.83. The summed E-state index contributed by atoms with van der Waals surface area (Å²) in [5.74, 6) is 0.246. The third kappa shape index (κ3) is 3.65. The number of aliphatic hydroxyl groups excluding tert-OH is 1. The Morgan fingerprint density at radius 1 is 1.36 bits per heavy atom. The normalized spacial score (nSPS) is 12.4. The molecular formula is C8H15NO2. The Balaban J connectivity index is 4.07. The molecule has 0 saturated heterocycles. The van der Waals surface area contributed by atoms with Gasteiger partial charge < -0.3 is 10.0 Å². The molecule has 0 aromatic heterocycles. The Labute approximate surface area is 67.3 Å². The van der Waals surface area contributed by atoms with Crippen molar-refractivity contribution in [2.45, 2.75) is 20.3 Å². The first kappa shape index (κ1) is 10.0. The zero-order chi connectivity index (χ0) is 9.02. The van der Waals surface area contributed by atoms with Crippen molar-refractivity contribution >= 4 is 5.91 Å². The summed E-state index contributed by atoms with van der Waals surface area (Å²) >= 11 is 0. The van der Waals surface area contributed by atoms with Crippen molar-refractivity contribution in [3.8, 4) is 0 Å². The number of carbonyl (C=O) groups is 1. The number of hydrogen-bond acceptors (Lipinski definition) is 2. The third-order valence-electron chi connectivity index (χ3n) is 1.53. The van der Waals surface area contributed by atoms with Gasteiger partial charge in [-0.15, -0.1) is 0 Å². The highest BCUT2D eigenvalue weighted by molar-refractivity contribution is 5.78. The lowest BCUT2D eigenvalue weighted by Gasteiger charge is -2.10. The average molecular weight is 157 g/mol. The van der Waals surface area contributed by atoms with Crippen LogP contribution in [0.25, 0.3) is 0 Å². The van der Waals surface area contributed by atoms with Crippen molar-refractivity contribution in [1.29, 1.82) is 0 Å². The highest BCUT2D eigenvalue weighted by atomic mass is 16.3. The molecule has 3 heteroatoms. The molecule has 0 aliphatic carbocycles. The molecule has 0 rings (SSSR count). The molecule has 0 aliphatic rings. The fourth-order valence-corrected chi connectivity index (χ4v) is 0.513. The van der Waals surface area contributed by atoms with Gasteiger partial charge in [-0.2, -0.15) is 0 Å². The van der Waals surface area contributed by atoms with Crippen LogP contribution < -0.4 is 0 Å². The standard InChI is InChI=1S/C8H15NO2/c1-6(7(2)10)5-8(11)9(3)4/h10H,5H2,1-4H3/b7-6-. The van der Waals surface area contributed by atoms with Gasteiger partial charge in [0, 0.05) is 14.1 Å². The summed E-state index contributed by atoms with van der Waals surface area (Å²) < 4.78 is 0. The molecule has 1 N–H and O–H groups in total. The van der Waals surface area contributed by atoms with Gasteiger partial charge in [-0.25, -0.2) is 0 Å². The van der Waals surface area contributed by atoms with Gasteiger partial charge in [-0.1, -0.05) is 0 Å². The van der Waals surface area contributed by atoms with E-state index < -0.39 is 0 Å². The quantitative estimate of drug-likeness (QED) is 0.614. The molecule has 0 bridgehead atoms. The maximum Gasteiger partial charge on any atom is 0.226 e. The molecule has 0 aromatic rings. The molecule has 0 atom stereocenters. The van der Waals surface area contributed by atoms with E-state index in [9.17, 15) is 4.79 Å². The van der Waals surface area contributed by atoms with Crippen molar-refractivity contribution in [1.82, 2.24) is 4.90 Å². The van der Waals surface area contributed by atoms with Gasteiger partial charge >= 0.3 is 0 Å². The average Bonchev–Trinajstić information content (AvgIpc) is 1.87. The highest BCUT2D eigenvalue weighted by Crippen LogP contribution is 2.05. The van der Waals surface area contributed by atoms with Crippen LogP contribution in [0, 0.1) is 0 Å². The van der Waals surface area contributed by atoms with Gasteiger partial charge in [-0.3, -0.25) is 4.79 Å². The van der Waals surface area contributed by atoms with Crippen molar-refractivity contribution in [3.63, 3.8) is 0 Å². The van der Waals surface area contributed by atoms with Gasteiger partial charge in [0.2, 0.25) is 5.91 Å². The molecule has 64 valence electrons. The second kappa shape index (κ2) is 4.01. The van der Waals surface area contributed by atoms with Crippen molar-refractivity contribution in [2.24, 2.45) is 0 Å². The van der Waals surface area contributed by atoms with Crippen LogP contribution in [0.4, 0.5) is 0 Å². The van der Waals surface area contributed by atoms with Crippen LogP contribution in [-0.2, 0) is 4.79 Å². The zero-order valence-corrected chi connectivity index (χ0v) is 7.51. The van der Waals surface area contributed by atoms with E-state index in [-0.39, 0.29) is 11.7 Å². The number of aliphatic hydroxyl groups is 1. The molecule has 0 spiro atoms. The van der Waals surface area contributed by atoms with Crippen molar-refractivity contribution < 1.29 is 9.90 Å². The molecule has 0 heterocycles. The number of amides is 1. The first-order valence-corrected chi connectivity index (χ1v) is 3.50. The number of carbonyl (C=O) groups excluding carboxylic acids is 1. The molecule has 3 nitrogen and oxygen atoms in total. The monoisotopic (exact) mass is 157 g/mol. The van der Waals surface area contributed by atoms with E-state index in [4.69, 9.17) is 5.11 Å². The number of allylic oxidation sites excluding steroid dienone is 1. The maximum absolute atomic E-state index is 11.0. The first-order chi connectivity index (χ1) is 4.95. The van der Waals surface area contributed by atoms with Gasteiger partial charge in [0.25, 0.3) is 0 Å². The Bertz CT molecular complexity index is 179. The zero-order valence-electron chi connectivity index (χ0n) is 7.51. The maximum atomic E-state index is 11.0. The van der Waals surface area contributed by atoms with Crippen LogP contribution >= 0.6 is 0 Å². The summed E-state index contributed by atoms with van der Waals surface area (Å²) in [7, 11) is 3.39. The fraction of sp³-hybridized carbons (Fsp3) is 0.625. The van der Waals surface area contributed by atoms with E-state index in [0.717, 1.165) is 5.57 Å². The van der Waals surface area contributed by atoms with Crippen LogP contribution in [0.15, 0.2) is 11.3 Å². The Kier molecular flexibility index (Phi) is 3.65. The van der Waals surface area contributed by atoms with Crippen LogP contribution in [0.3, 0.4) is 0 Å². The largest absolute Gasteiger partial charge is 0.513 e. The Morgan fingerprint density at radius 3 is 2.09 bits per heavy atom. The topological polar surface area (TPSA) is 40.5 Å². The predicted octanol–water partition coefficient (Wildman–Crippen LogP) is 1.32. The molecule has 0 radical (unpaired) electrons. The van der Waals surface area contributed by atoms with Gasteiger partial charge in [-0.05, 0) is 19.4 Å². The third-order valence-corrected chi connectivity index (χ3v) is 1.53. The van der Waals surface area contributed by atoms with E-state index in [1.165, 1.54) is 4.90 Å². The van der Waals surface area contributed by atoms with Crippen molar-refractivity contribution in [2.75, 3.05) is 14.1 Å². The molecular weight excluding hydrogens is 142 g/mol. The predicted molar refractivity (Wildman–Crippen MR) is 44.3 cm³/mol. The van der Waals surface area contributed by atoms with Gasteiger partial charge in [0.05, 0.1) is 12.2 Å². The molecule has 0 aliphatic heterocycles. The summed E-state index contributed by atoms with van der Waals surface area (Å²) in [5, 5.41) is 8.96. The lowest BCUT2D eigenvalue weighted by molar-refractivity contribution is -0.127. The lowest BCUT2D eigenvalue weighted by atomic mass is 10.2. The van der Waals surface area contributed by atoms with Gasteiger partial charge in [0.15, 0.2) is 0 Å². The number of hydrogen-bond donors (Lipinski definition) is 1. The SMILES string of the molecule is C/C(O)=C(\C)CC(=O)N(C)C. The molecule has 0 unspecified atom stereocenters. The lowest BCUT2D eigenvalue weighted by Crippen LogP contribution is -2.21. The van der Waals surface area contributed by atoms with E-state index in [1.54, 1.807) is 27.9 Å². The summed E-state index contributed by atoms with van der Waals surface area (Å²) in [4.78, 5) is 12.5. The summed E-state index contributed by atoms with van der Waals surface area (Å²) in [6.45, 7) is 3.33. The second-order valence-electron chi connectivity index (χ2n) is 2.83. The number of rotatable bonds is 2. The highest BCUT2D eigenvalue weighted by Gasteiger charge is 2.05. The van der Waals surface area contributed by atoms with E-state index in [1.807, 2.05) is 0 Å². The fourth-order valence-electron chi connectivity index (χ4n) is 0.513. The molecule has 0 saturated carbocycles. The molecule has 11 heavy (non-hydrogen) atoms. The van der Waals surface area contributed by atoms with Crippen LogP contribution in [0.5, 0.6) is 0 Å². The Morgan fingerprint density at radius 2 is 1.82 bits per heavy atom. The summed E-state index contributed by atoms with van der Waals surface area (Å²) in [6.07, 6.45) is 0.301. The van der Waals surface area contributed by atoms with Crippen molar-refractivity contribution in [3.05, 3.63) is 11.3 Å². The minimum atomic E-state index is 0.0101. The van der Waals surface area contributed by atoms with Crippen LogP contribution in [-0.4, -0.2) is 30.0 Å². The van der Waals surface area contributed by atoms with E-state index in [2.05, 4.69) is 0 Å². The minimum absolute atomic E-state index is 0.0101. The molecule has 1 amide bonds. The van der Waals surface area contributed by atoms with Crippen LogP contribution in [0.2, 0.25) is 0 Å².